The van der Waals surface area contributed by atoms with Crippen molar-refractivity contribution in [1.82, 2.24) is 0 Å². The molecule has 1 aromatic rings. The van der Waals surface area contributed by atoms with Gasteiger partial charge in [-0.25, -0.2) is 9.79 Å². The van der Waals surface area contributed by atoms with Crippen molar-refractivity contribution in [3.63, 3.8) is 0 Å². The lowest BCUT2D eigenvalue weighted by atomic mass is 10.2. The minimum atomic E-state index is -1.38. The number of benzene rings is 1. The molecule has 0 fully saturated rings. The molecule has 0 aliphatic heterocycles. The number of halogens is 1. The molecule has 1 rings (SSSR count). The van der Waals surface area contributed by atoms with Crippen molar-refractivity contribution in [2.75, 3.05) is 7.11 Å². The van der Waals surface area contributed by atoms with Crippen molar-refractivity contribution in [2.24, 2.45) is 4.99 Å². The van der Waals surface area contributed by atoms with Crippen LogP contribution in [0.2, 0.25) is 0 Å². The highest BCUT2D eigenvalue weighted by Gasteiger charge is 2.15. The van der Waals surface area contributed by atoms with E-state index in [1.807, 2.05) is 0 Å². The molecule has 0 aliphatic carbocycles. The van der Waals surface area contributed by atoms with E-state index < -0.39 is 24.1 Å². The monoisotopic (exact) mass is 315 g/mol. The molecule has 0 saturated heterocycles. The Bertz CT molecular complexity index is 512. The summed E-state index contributed by atoms with van der Waals surface area (Å²) in [6.07, 6.45) is -0.662. The molecule has 0 aromatic heterocycles. The lowest BCUT2D eigenvalue weighted by Crippen LogP contribution is -2.17. The number of methoxy groups -OCH3 is 1. The normalized spacial score (nSPS) is 11.1. The van der Waals surface area contributed by atoms with E-state index >= 15 is 0 Å². The number of carboxylic acids is 2. The lowest BCUT2D eigenvalue weighted by Gasteiger charge is -2.05. The van der Waals surface area contributed by atoms with Crippen molar-refractivity contribution in [2.45, 2.75) is 6.42 Å². The molecule has 18 heavy (non-hydrogen) atoms. The van der Waals surface area contributed by atoms with E-state index in [0.717, 1.165) is 0 Å². The van der Waals surface area contributed by atoms with Crippen LogP contribution in [0.25, 0.3) is 0 Å². The predicted octanol–water partition coefficient (Wildman–Crippen LogP) is 2.09. The van der Waals surface area contributed by atoms with E-state index in [1.54, 1.807) is 18.2 Å². The second-order valence-corrected chi connectivity index (χ2v) is 4.17. The summed E-state index contributed by atoms with van der Waals surface area (Å²) < 4.78 is 5.70. The van der Waals surface area contributed by atoms with E-state index in [4.69, 9.17) is 14.9 Å². The fraction of sp³-hybridized carbons (Fsp3) is 0.182. The smallest absolute Gasteiger partial charge is 0.350 e. The third-order valence-electron chi connectivity index (χ3n) is 1.96. The maximum Gasteiger partial charge on any atom is 0.350 e. The number of carboxylic acid groups (broad SMARTS) is 2. The first-order valence-corrected chi connectivity index (χ1v) is 5.59. The van der Waals surface area contributed by atoms with Gasteiger partial charge in [-0.15, -0.1) is 0 Å². The highest BCUT2D eigenvalue weighted by atomic mass is 79.9. The van der Waals surface area contributed by atoms with Crippen LogP contribution in [-0.4, -0.2) is 35.0 Å². The summed E-state index contributed by atoms with van der Waals surface area (Å²) in [5.41, 5.74) is -0.204. The second kappa shape index (κ2) is 6.15. The van der Waals surface area contributed by atoms with Crippen molar-refractivity contribution in [1.29, 1.82) is 0 Å². The Morgan fingerprint density at radius 1 is 1.39 bits per heavy atom. The van der Waals surface area contributed by atoms with Crippen molar-refractivity contribution in [3.8, 4) is 5.75 Å². The fourth-order valence-corrected chi connectivity index (χ4v) is 1.55. The highest BCUT2D eigenvalue weighted by Crippen LogP contribution is 2.30. The third-order valence-corrected chi connectivity index (χ3v) is 2.46. The van der Waals surface area contributed by atoms with Gasteiger partial charge in [-0.1, -0.05) is 15.9 Å². The van der Waals surface area contributed by atoms with Crippen molar-refractivity contribution in [3.05, 3.63) is 22.7 Å². The summed E-state index contributed by atoms with van der Waals surface area (Å²) in [7, 11) is 1.42. The summed E-state index contributed by atoms with van der Waals surface area (Å²) in [6.45, 7) is 0. The molecule has 96 valence electrons. The molecular formula is C11H10BrNO5. The second-order valence-electron chi connectivity index (χ2n) is 3.25. The number of carbonyl (C=O) groups is 2. The average molecular weight is 316 g/mol. The summed E-state index contributed by atoms with van der Waals surface area (Å²) in [4.78, 5) is 25.2. The van der Waals surface area contributed by atoms with Crippen LogP contribution in [0.15, 0.2) is 27.7 Å². The SMILES string of the molecule is COc1ccc(Br)cc1N=C(CC(=O)O)C(=O)O. The number of ether oxygens (including phenoxy) is 1. The molecule has 0 saturated carbocycles. The Balaban J connectivity index is 3.22. The van der Waals surface area contributed by atoms with E-state index in [0.29, 0.717) is 10.2 Å². The average Bonchev–Trinajstić information content (AvgIpc) is 2.27. The molecule has 0 atom stereocenters. The topological polar surface area (TPSA) is 96.2 Å². The first-order valence-electron chi connectivity index (χ1n) is 4.80. The number of hydrogen-bond donors (Lipinski definition) is 2. The number of aliphatic carboxylic acids is 2. The van der Waals surface area contributed by atoms with Crippen LogP contribution in [0, 0.1) is 0 Å². The molecule has 6 nitrogen and oxygen atoms in total. The number of rotatable bonds is 5. The lowest BCUT2D eigenvalue weighted by molar-refractivity contribution is -0.137. The molecule has 0 aliphatic rings. The van der Waals surface area contributed by atoms with Crippen LogP contribution in [0.5, 0.6) is 5.75 Å². The minimum absolute atomic E-state index is 0.255. The standard InChI is InChI=1S/C11H10BrNO5/c1-18-9-3-2-6(12)4-7(9)13-8(11(16)17)5-10(14)15/h2-4H,5H2,1H3,(H,14,15)(H,16,17). The summed E-state index contributed by atoms with van der Waals surface area (Å²) in [6, 6.07) is 4.85. The Morgan fingerprint density at radius 3 is 2.56 bits per heavy atom. The number of aliphatic imine (C=N–C) groups is 1. The van der Waals surface area contributed by atoms with Gasteiger partial charge in [0.05, 0.1) is 13.5 Å². The first-order chi connectivity index (χ1) is 8.43. The molecule has 0 bridgehead atoms. The molecular weight excluding hydrogens is 306 g/mol. The van der Waals surface area contributed by atoms with E-state index in [2.05, 4.69) is 20.9 Å². The maximum absolute atomic E-state index is 10.9. The maximum atomic E-state index is 10.9. The molecule has 0 spiro atoms. The summed E-state index contributed by atoms with van der Waals surface area (Å²) >= 11 is 3.21. The van der Waals surface area contributed by atoms with Gasteiger partial charge in [-0.3, -0.25) is 4.79 Å². The van der Waals surface area contributed by atoms with Gasteiger partial charge in [-0.2, -0.15) is 0 Å². The molecule has 2 N–H and O–H groups in total. The van der Waals surface area contributed by atoms with Crippen LogP contribution >= 0.6 is 15.9 Å². The van der Waals surface area contributed by atoms with Gasteiger partial charge >= 0.3 is 11.9 Å². The molecule has 0 heterocycles. The van der Waals surface area contributed by atoms with Gasteiger partial charge in [0, 0.05) is 4.47 Å². The van der Waals surface area contributed by atoms with Crippen LogP contribution < -0.4 is 4.74 Å². The first kappa shape index (κ1) is 14.2. The van der Waals surface area contributed by atoms with Crippen molar-refractivity contribution >= 4 is 39.3 Å². The molecule has 0 amide bonds. The quantitative estimate of drug-likeness (QED) is 0.811. The van der Waals surface area contributed by atoms with Gasteiger partial charge in [0.2, 0.25) is 0 Å². The zero-order valence-electron chi connectivity index (χ0n) is 9.38. The van der Waals surface area contributed by atoms with Crippen molar-refractivity contribution < 1.29 is 24.5 Å². The zero-order chi connectivity index (χ0) is 13.7. The molecule has 0 unspecified atom stereocenters. The number of nitrogens with zero attached hydrogens (tertiary/aromatic N) is 1. The van der Waals surface area contributed by atoms with E-state index in [1.165, 1.54) is 7.11 Å². The van der Waals surface area contributed by atoms with E-state index in [9.17, 15) is 9.59 Å². The fourth-order valence-electron chi connectivity index (χ4n) is 1.20. The van der Waals surface area contributed by atoms with Gasteiger partial charge in [-0.05, 0) is 18.2 Å². The molecule has 1 aromatic carbocycles. The largest absolute Gasteiger partial charge is 0.494 e. The predicted molar refractivity (Wildman–Crippen MR) is 67.7 cm³/mol. The van der Waals surface area contributed by atoms with Gasteiger partial charge < -0.3 is 14.9 Å². The van der Waals surface area contributed by atoms with Gasteiger partial charge in [0.15, 0.2) is 0 Å². The van der Waals surface area contributed by atoms with Crippen LogP contribution in [0.3, 0.4) is 0 Å². The Kier molecular flexibility index (Phi) is 4.85. The molecule has 0 radical (unpaired) electrons. The minimum Gasteiger partial charge on any atom is -0.494 e. The Labute approximate surface area is 111 Å². The van der Waals surface area contributed by atoms with Crippen LogP contribution in [-0.2, 0) is 9.59 Å². The van der Waals surface area contributed by atoms with Crippen LogP contribution in [0.1, 0.15) is 6.42 Å². The van der Waals surface area contributed by atoms with Gasteiger partial charge in [0.25, 0.3) is 0 Å². The van der Waals surface area contributed by atoms with Crippen LogP contribution in [0.4, 0.5) is 5.69 Å². The summed E-state index contributed by atoms with van der Waals surface area (Å²) in [5.74, 6) is -2.27. The highest BCUT2D eigenvalue weighted by molar-refractivity contribution is 9.10. The zero-order valence-corrected chi connectivity index (χ0v) is 11.0. The van der Waals surface area contributed by atoms with Gasteiger partial charge in [0.1, 0.15) is 17.1 Å². The summed E-state index contributed by atoms with van der Waals surface area (Å²) in [5, 5.41) is 17.5. The van der Waals surface area contributed by atoms with E-state index in [-0.39, 0.29) is 5.69 Å². The number of hydrogen-bond acceptors (Lipinski definition) is 4. The Morgan fingerprint density at radius 2 is 2.06 bits per heavy atom. The third kappa shape index (κ3) is 3.85. The molecule has 7 heteroatoms. The Hall–Kier alpha value is -1.89.